The largest absolute Gasteiger partial charge is 0.440 e. The maximum atomic E-state index is 11.8. The summed E-state index contributed by atoms with van der Waals surface area (Å²) in [5.41, 5.74) is 0. The molecule has 0 saturated carbocycles. The van der Waals surface area contributed by atoms with Crippen LogP contribution < -0.4 is 0 Å². The van der Waals surface area contributed by atoms with Gasteiger partial charge in [0.15, 0.2) is 16.4 Å². The van der Waals surface area contributed by atoms with Gasteiger partial charge in [-0.15, -0.1) is 0 Å². The summed E-state index contributed by atoms with van der Waals surface area (Å²) in [5, 5.41) is 0. The maximum Gasteiger partial charge on any atom is 0.422 e. The van der Waals surface area contributed by atoms with E-state index >= 15 is 0 Å². The first-order valence-electron chi connectivity index (χ1n) is 4.77. The Morgan fingerprint density at radius 1 is 1.47 bits per heavy atom. The third kappa shape index (κ3) is 4.41. The topological polar surface area (TPSA) is 63.7 Å². The van der Waals surface area contributed by atoms with Crippen molar-refractivity contribution in [3.63, 3.8) is 0 Å². The smallest absolute Gasteiger partial charge is 0.422 e. The maximum absolute atomic E-state index is 11.8. The van der Waals surface area contributed by atoms with E-state index in [1.54, 1.807) is 0 Å². The lowest BCUT2D eigenvalue weighted by molar-refractivity contribution is -0.162. The second-order valence-corrected chi connectivity index (χ2v) is 6.07. The highest BCUT2D eigenvalue weighted by Crippen LogP contribution is 2.19. The molecule has 0 spiro atoms. The Hall–Kier alpha value is -0.990. The standard InChI is InChI=1S/C8H12F3NO4S/c1-12(6-2-3-17(14,15)4-6)7(13)16-5-8(9,10)11/h6H,2-5H2,1H3. The van der Waals surface area contributed by atoms with E-state index in [2.05, 4.69) is 4.74 Å². The molecular weight excluding hydrogens is 263 g/mol. The molecule has 100 valence electrons. The first-order valence-corrected chi connectivity index (χ1v) is 6.59. The quantitative estimate of drug-likeness (QED) is 0.748. The average molecular weight is 275 g/mol. The van der Waals surface area contributed by atoms with Crippen LogP contribution in [0.2, 0.25) is 0 Å². The van der Waals surface area contributed by atoms with E-state index in [0.717, 1.165) is 4.90 Å². The number of nitrogens with zero attached hydrogens (tertiary/aromatic N) is 1. The molecule has 1 saturated heterocycles. The number of carbonyl (C=O) groups excluding carboxylic acids is 1. The molecule has 1 atom stereocenters. The van der Waals surface area contributed by atoms with E-state index in [0.29, 0.717) is 0 Å². The molecular formula is C8H12F3NO4S. The molecule has 0 N–H and O–H groups in total. The van der Waals surface area contributed by atoms with Crippen LogP contribution in [-0.2, 0) is 14.6 Å². The van der Waals surface area contributed by atoms with E-state index in [1.165, 1.54) is 7.05 Å². The second kappa shape index (κ2) is 4.71. The second-order valence-electron chi connectivity index (χ2n) is 3.84. The minimum absolute atomic E-state index is 0.0610. The Balaban J connectivity index is 2.48. The molecule has 9 heteroatoms. The van der Waals surface area contributed by atoms with Gasteiger partial charge < -0.3 is 9.64 Å². The van der Waals surface area contributed by atoms with E-state index < -0.39 is 34.8 Å². The van der Waals surface area contributed by atoms with Crippen molar-refractivity contribution in [3.05, 3.63) is 0 Å². The third-order valence-corrected chi connectivity index (χ3v) is 4.15. The highest BCUT2D eigenvalue weighted by atomic mass is 32.2. The van der Waals surface area contributed by atoms with Crippen LogP contribution in [0.25, 0.3) is 0 Å². The van der Waals surface area contributed by atoms with Crippen molar-refractivity contribution in [3.8, 4) is 0 Å². The SMILES string of the molecule is CN(C(=O)OCC(F)(F)F)C1CCS(=O)(=O)C1. The predicted molar refractivity (Wildman–Crippen MR) is 52.2 cm³/mol. The number of hydrogen-bond donors (Lipinski definition) is 0. The zero-order valence-corrected chi connectivity index (χ0v) is 9.84. The van der Waals surface area contributed by atoms with Crippen LogP contribution in [0, 0.1) is 0 Å². The molecule has 1 aliphatic heterocycles. The Morgan fingerprint density at radius 2 is 2.06 bits per heavy atom. The van der Waals surface area contributed by atoms with Crippen LogP contribution in [0.4, 0.5) is 18.0 Å². The van der Waals surface area contributed by atoms with Crippen molar-refractivity contribution in [1.82, 2.24) is 4.90 Å². The van der Waals surface area contributed by atoms with Crippen LogP contribution in [-0.4, -0.2) is 56.8 Å². The van der Waals surface area contributed by atoms with Gasteiger partial charge in [0.2, 0.25) is 0 Å². The zero-order valence-electron chi connectivity index (χ0n) is 9.03. The molecule has 0 aromatic rings. The van der Waals surface area contributed by atoms with Crippen molar-refractivity contribution in [1.29, 1.82) is 0 Å². The van der Waals surface area contributed by atoms with Gasteiger partial charge in [-0.3, -0.25) is 0 Å². The van der Waals surface area contributed by atoms with E-state index in [9.17, 15) is 26.4 Å². The van der Waals surface area contributed by atoms with Crippen LogP contribution in [0.15, 0.2) is 0 Å². The van der Waals surface area contributed by atoms with Gasteiger partial charge in [-0.05, 0) is 6.42 Å². The molecule has 0 bridgehead atoms. The van der Waals surface area contributed by atoms with Gasteiger partial charge in [-0.1, -0.05) is 0 Å². The molecule has 5 nitrogen and oxygen atoms in total. The van der Waals surface area contributed by atoms with Crippen LogP contribution in [0.1, 0.15) is 6.42 Å². The summed E-state index contributed by atoms with van der Waals surface area (Å²) in [6.07, 6.45) is -5.53. The average Bonchev–Trinajstić information content (AvgIpc) is 2.53. The minimum Gasteiger partial charge on any atom is -0.440 e. The predicted octanol–water partition coefficient (Wildman–Crippen LogP) is 0.804. The van der Waals surface area contributed by atoms with Crippen molar-refractivity contribution < 1.29 is 31.1 Å². The number of carbonyl (C=O) groups is 1. The van der Waals surface area contributed by atoms with Gasteiger partial charge in [0.1, 0.15) is 0 Å². The zero-order chi connectivity index (χ0) is 13.3. The molecule has 17 heavy (non-hydrogen) atoms. The first-order chi connectivity index (χ1) is 7.61. The molecule has 0 aromatic carbocycles. The number of sulfone groups is 1. The lowest BCUT2D eigenvalue weighted by Gasteiger charge is -2.22. The molecule has 1 fully saturated rings. The summed E-state index contributed by atoms with van der Waals surface area (Å²) in [4.78, 5) is 12.1. The monoisotopic (exact) mass is 275 g/mol. The molecule has 0 aromatic heterocycles. The van der Waals surface area contributed by atoms with Crippen LogP contribution in [0.5, 0.6) is 0 Å². The highest BCUT2D eigenvalue weighted by molar-refractivity contribution is 7.91. The summed E-state index contributed by atoms with van der Waals surface area (Å²) in [7, 11) is -1.96. The van der Waals surface area contributed by atoms with E-state index in [-0.39, 0.29) is 17.9 Å². The van der Waals surface area contributed by atoms with Crippen molar-refractivity contribution in [2.24, 2.45) is 0 Å². The van der Waals surface area contributed by atoms with Gasteiger partial charge in [0.25, 0.3) is 0 Å². The summed E-state index contributed by atoms with van der Waals surface area (Å²) >= 11 is 0. The molecule has 1 unspecified atom stereocenters. The lowest BCUT2D eigenvalue weighted by atomic mass is 10.2. The van der Waals surface area contributed by atoms with E-state index in [4.69, 9.17) is 0 Å². The molecule has 1 rings (SSSR count). The number of rotatable bonds is 2. The van der Waals surface area contributed by atoms with Crippen LogP contribution in [0.3, 0.4) is 0 Å². The minimum atomic E-state index is -4.59. The van der Waals surface area contributed by atoms with Crippen LogP contribution >= 0.6 is 0 Å². The third-order valence-electron chi connectivity index (χ3n) is 2.40. The number of ether oxygens (including phenoxy) is 1. The number of halogens is 3. The Labute approximate surface area is 96.4 Å². The fourth-order valence-electron chi connectivity index (χ4n) is 1.48. The molecule has 0 aliphatic carbocycles. The Bertz CT molecular complexity index is 392. The van der Waals surface area contributed by atoms with Gasteiger partial charge in [0.05, 0.1) is 11.5 Å². The van der Waals surface area contributed by atoms with Crippen molar-refractivity contribution >= 4 is 15.9 Å². The Kier molecular flexibility index (Phi) is 3.90. The molecule has 0 radical (unpaired) electrons. The highest BCUT2D eigenvalue weighted by Gasteiger charge is 2.35. The summed E-state index contributed by atoms with van der Waals surface area (Å²) in [5.74, 6) is -0.292. The molecule has 1 aliphatic rings. The first kappa shape index (κ1) is 14.1. The number of amides is 1. The normalized spacial score (nSPS) is 23.4. The lowest BCUT2D eigenvalue weighted by Crippen LogP contribution is -2.39. The molecule has 1 heterocycles. The number of hydrogen-bond acceptors (Lipinski definition) is 4. The Morgan fingerprint density at radius 3 is 2.47 bits per heavy atom. The van der Waals surface area contributed by atoms with Gasteiger partial charge in [0, 0.05) is 13.1 Å². The summed E-state index contributed by atoms with van der Waals surface area (Å²) in [6.45, 7) is -1.67. The van der Waals surface area contributed by atoms with Gasteiger partial charge >= 0.3 is 12.3 Å². The fourth-order valence-corrected chi connectivity index (χ4v) is 3.25. The summed E-state index contributed by atoms with van der Waals surface area (Å²) in [6, 6.07) is -0.610. The van der Waals surface area contributed by atoms with Gasteiger partial charge in [-0.2, -0.15) is 13.2 Å². The molecule has 1 amide bonds. The van der Waals surface area contributed by atoms with E-state index in [1.807, 2.05) is 0 Å². The summed E-state index contributed by atoms with van der Waals surface area (Å²) < 4.78 is 61.6. The van der Waals surface area contributed by atoms with Crippen molar-refractivity contribution in [2.75, 3.05) is 25.2 Å². The fraction of sp³-hybridized carbons (Fsp3) is 0.875. The number of alkyl halides is 3. The van der Waals surface area contributed by atoms with Gasteiger partial charge in [-0.25, -0.2) is 13.2 Å². The van der Waals surface area contributed by atoms with Crippen molar-refractivity contribution in [2.45, 2.75) is 18.6 Å².